The van der Waals surface area contributed by atoms with Gasteiger partial charge in [0.2, 0.25) is 0 Å². The van der Waals surface area contributed by atoms with Crippen molar-refractivity contribution in [1.82, 2.24) is 0 Å². The van der Waals surface area contributed by atoms with Gasteiger partial charge in [-0.25, -0.2) is 0 Å². The zero-order valence-electron chi connectivity index (χ0n) is 11.2. The van der Waals surface area contributed by atoms with E-state index in [1.807, 2.05) is 25.2 Å². The minimum atomic E-state index is 0.672. The summed E-state index contributed by atoms with van der Waals surface area (Å²) < 4.78 is 0.970. The van der Waals surface area contributed by atoms with Crippen molar-refractivity contribution in [2.75, 3.05) is 11.9 Å². The number of rotatable bonds is 2. The number of nitriles is 1. The highest BCUT2D eigenvalue weighted by molar-refractivity contribution is 9.10. The summed E-state index contributed by atoms with van der Waals surface area (Å²) in [5.41, 5.74) is 5.13. The van der Waals surface area contributed by atoms with E-state index in [0.717, 1.165) is 15.8 Å². The summed E-state index contributed by atoms with van der Waals surface area (Å²) in [7, 11) is 1.99. The van der Waals surface area contributed by atoms with Crippen molar-refractivity contribution in [3.05, 3.63) is 57.6 Å². The Balaban J connectivity index is 2.52. The van der Waals surface area contributed by atoms with E-state index >= 15 is 0 Å². The van der Waals surface area contributed by atoms with Crippen LogP contribution in [0.1, 0.15) is 16.7 Å². The maximum atomic E-state index is 9.23. The monoisotopic (exact) mass is 314 g/mol. The molecule has 0 saturated carbocycles. The van der Waals surface area contributed by atoms with Gasteiger partial charge in [-0.15, -0.1) is 0 Å². The molecule has 0 aliphatic heterocycles. The topological polar surface area (TPSA) is 27.0 Å². The molecule has 0 amide bonds. The van der Waals surface area contributed by atoms with Gasteiger partial charge in [-0.3, -0.25) is 0 Å². The Morgan fingerprint density at radius 2 is 1.79 bits per heavy atom. The largest absolute Gasteiger partial charge is 0.343 e. The third kappa shape index (κ3) is 2.80. The molecule has 2 nitrogen and oxygen atoms in total. The highest BCUT2D eigenvalue weighted by atomic mass is 79.9. The predicted octanol–water partition coefficient (Wildman–Crippen LogP) is 4.71. The van der Waals surface area contributed by atoms with Crippen molar-refractivity contribution >= 4 is 27.3 Å². The van der Waals surface area contributed by atoms with E-state index in [1.54, 1.807) is 0 Å². The lowest BCUT2D eigenvalue weighted by Crippen LogP contribution is -2.12. The molecule has 96 valence electrons. The first-order valence-electron chi connectivity index (χ1n) is 6.03. The molecule has 0 N–H and O–H groups in total. The fourth-order valence-corrected chi connectivity index (χ4v) is 2.54. The summed E-state index contributed by atoms with van der Waals surface area (Å²) >= 11 is 3.46. The second-order valence-electron chi connectivity index (χ2n) is 4.62. The molecule has 0 radical (unpaired) electrons. The van der Waals surface area contributed by atoms with Crippen molar-refractivity contribution in [3.63, 3.8) is 0 Å². The Hall–Kier alpha value is -1.79. The van der Waals surface area contributed by atoms with E-state index < -0.39 is 0 Å². The zero-order valence-corrected chi connectivity index (χ0v) is 12.8. The van der Waals surface area contributed by atoms with Gasteiger partial charge in [-0.2, -0.15) is 5.26 Å². The van der Waals surface area contributed by atoms with Crippen LogP contribution in [0.25, 0.3) is 0 Å². The number of benzene rings is 2. The first-order chi connectivity index (χ1) is 9.02. The first-order valence-corrected chi connectivity index (χ1v) is 6.83. The van der Waals surface area contributed by atoms with Gasteiger partial charge in [0.15, 0.2) is 0 Å². The van der Waals surface area contributed by atoms with Crippen LogP contribution in [0, 0.1) is 25.2 Å². The van der Waals surface area contributed by atoms with Crippen molar-refractivity contribution in [2.24, 2.45) is 0 Å². The first kappa shape index (κ1) is 13.6. The van der Waals surface area contributed by atoms with Gasteiger partial charge in [0.25, 0.3) is 0 Å². The quantitative estimate of drug-likeness (QED) is 0.803. The molecule has 0 heterocycles. The Bertz CT molecular complexity index is 656. The molecule has 0 saturated heterocycles. The van der Waals surface area contributed by atoms with Gasteiger partial charge in [-0.1, -0.05) is 33.6 Å². The van der Waals surface area contributed by atoms with Crippen LogP contribution < -0.4 is 4.90 Å². The SMILES string of the molecule is Cc1ccc(N(C)c2cc(Br)ccc2C#N)c(C)c1. The van der Waals surface area contributed by atoms with Gasteiger partial charge in [0, 0.05) is 17.2 Å². The smallest absolute Gasteiger partial charge is 0.101 e. The lowest BCUT2D eigenvalue weighted by molar-refractivity contribution is 1.17. The van der Waals surface area contributed by atoms with Crippen LogP contribution in [0.2, 0.25) is 0 Å². The third-order valence-electron chi connectivity index (χ3n) is 3.16. The molecule has 0 atom stereocenters. The van der Waals surface area contributed by atoms with E-state index in [1.165, 1.54) is 11.1 Å². The van der Waals surface area contributed by atoms with E-state index in [9.17, 15) is 5.26 Å². The lowest BCUT2D eigenvalue weighted by Gasteiger charge is -2.23. The summed E-state index contributed by atoms with van der Waals surface area (Å²) in [6, 6.07) is 14.3. The van der Waals surface area contributed by atoms with Crippen LogP contribution in [-0.4, -0.2) is 7.05 Å². The highest BCUT2D eigenvalue weighted by Gasteiger charge is 2.11. The molecule has 0 unspecified atom stereocenters. The third-order valence-corrected chi connectivity index (χ3v) is 3.65. The van der Waals surface area contributed by atoms with Crippen molar-refractivity contribution in [3.8, 4) is 6.07 Å². The summed E-state index contributed by atoms with van der Waals surface area (Å²) in [6.07, 6.45) is 0. The maximum Gasteiger partial charge on any atom is 0.101 e. The van der Waals surface area contributed by atoms with E-state index in [4.69, 9.17) is 0 Å². The molecule has 0 aliphatic rings. The minimum absolute atomic E-state index is 0.672. The number of halogens is 1. The molecule has 0 fully saturated rings. The predicted molar refractivity (Wildman–Crippen MR) is 82.8 cm³/mol. The van der Waals surface area contributed by atoms with E-state index in [-0.39, 0.29) is 0 Å². The molecule has 2 aromatic carbocycles. The Morgan fingerprint density at radius 1 is 1.05 bits per heavy atom. The standard InChI is InChI=1S/C16H15BrN2/c1-11-4-7-15(12(2)8-11)19(3)16-9-14(17)6-5-13(16)10-18/h4-9H,1-3H3. The molecular weight excluding hydrogens is 300 g/mol. The van der Waals surface area contributed by atoms with Crippen molar-refractivity contribution in [2.45, 2.75) is 13.8 Å². The Kier molecular flexibility index (Phi) is 3.92. The molecule has 0 aliphatic carbocycles. The number of aryl methyl sites for hydroxylation is 2. The summed E-state index contributed by atoms with van der Waals surface area (Å²) in [6.45, 7) is 4.17. The lowest BCUT2D eigenvalue weighted by atomic mass is 10.1. The molecule has 0 bridgehead atoms. The van der Waals surface area contributed by atoms with Crippen LogP contribution in [0.3, 0.4) is 0 Å². The Morgan fingerprint density at radius 3 is 2.42 bits per heavy atom. The van der Waals surface area contributed by atoms with Crippen molar-refractivity contribution in [1.29, 1.82) is 5.26 Å². The molecule has 0 spiro atoms. The van der Waals surface area contributed by atoms with Crippen LogP contribution in [-0.2, 0) is 0 Å². The molecule has 3 heteroatoms. The van der Waals surface area contributed by atoms with Crippen LogP contribution in [0.4, 0.5) is 11.4 Å². The molecule has 2 aromatic rings. The zero-order chi connectivity index (χ0) is 14.0. The van der Waals surface area contributed by atoms with Gasteiger partial charge in [0.05, 0.1) is 11.3 Å². The average Bonchev–Trinajstić information content (AvgIpc) is 2.38. The second-order valence-corrected chi connectivity index (χ2v) is 5.54. The average molecular weight is 315 g/mol. The highest BCUT2D eigenvalue weighted by Crippen LogP contribution is 2.31. The van der Waals surface area contributed by atoms with Crippen LogP contribution in [0.15, 0.2) is 40.9 Å². The number of nitrogens with zero attached hydrogens (tertiary/aromatic N) is 2. The minimum Gasteiger partial charge on any atom is -0.343 e. The van der Waals surface area contributed by atoms with Gasteiger partial charge >= 0.3 is 0 Å². The summed E-state index contributed by atoms with van der Waals surface area (Å²) in [5.74, 6) is 0. The number of anilines is 2. The normalized spacial score (nSPS) is 10.1. The van der Waals surface area contributed by atoms with Crippen LogP contribution in [0.5, 0.6) is 0 Å². The fraction of sp³-hybridized carbons (Fsp3) is 0.188. The summed E-state index contributed by atoms with van der Waals surface area (Å²) in [5, 5.41) is 9.23. The summed E-state index contributed by atoms with van der Waals surface area (Å²) in [4.78, 5) is 2.05. The van der Waals surface area contributed by atoms with E-state index in [0.29, 0.717) is 5.56 Å². The van der Waals surface area contributed by atoms with Crippen molar-refractivity contribution < 1.29 is 0 Å². The fourth-order valence-electron chi connectivity index (χ4n) is 2.19. The number of hydrogen-bond acceptors (Lipinski definition) is 2. The van der Waals surface area contributed by atoms with Crippen LogP contribution >= 0.6 is 15.9 Å². The molecular formula is C16H15BrN2. The molecule has 2 rings (SSSR count). The van der Waals surface area contributed by atoms with Gasteiger partial charge in [-0.05, 0) is 43.7 Å². The second kappa shape index (κ2) is 5.46. The van der Waals surface area contributed by atoms with E-state index in [2.05, 4.69) is 58.9 Å². The maximum absolute atomic E-state index is 9.23. The Labute approximate surface area is 122 Å². The van der Waals surface area contributed by atoms with Gasteiger partial charge in [0.1, 0.15) is 6.07 Å². The number of hydrogen-bond donors (Lipinski definition) is 0. The molecule has 19 heavy (non-hydrogen) atoms. The molecule has 0 aromatic heterocycles. The van der Waals surface area contributed by atoms with Gasteiger partial charge < -0.3 is 4.90 Å².